The summed E-state index contributed by atoms with van der Waals surface area (Å²) in [6.45, 7) is 2.99. The van der Waals surface area contributed by atoms with Gasteiger partial charge in [-0.25, -0.2) is 4.68 Å². The van der Waals surface area contributed by atoms with Crippen LogP contribution in [-0.4, -0.2) is 52.4 Å². The molecule has 0 radical (unpaired) electrons. The molecule has 0 spiro atoms. The molecule has 0 bridgehead atoms. The summed E-state index contributed by atoms with van der Waals surface area (Å²) in [6, 6.07) is 7.43. The fourth-order valence-electron chi connectivity index (χ4n) is 5.04. The van der Waals surface area contributed by atoms with Crippen molar-refractivity contribution in [2.45, 2.75) is 69.7 Å². The summed E-state index contributed by atoms with van der Waals surface area (Å²) in [5.74, 6) is 0.646. The van der Waals surface area contributed by atoms with Crippen LogP contribution in [0, 0.1) is 12.8 Å². The molecule has 2 saturated heterocycles. The maximum absolute atomic E-state index is 12.6. The molecule has 2 aromatic rings. The Hall–Kier alpha value is -2.25. The topological polar surface area (TPSA) is 78.3 Å². The molecule has 2 aliphatic heterocycles. The molecule has 4 atom stereocenters. The van der Waals surface area contributed by atoms with Gasteiger partial charge in [0.1, 0.15) is 18.2 Å². The van der Waals surface area contributed by atoms with E-state index >= 15 is 0 Å². The van der Waals surface area contributed by atoms with E-state index in [0.717, 1.165) is 23.6 Å². The summed E-state index contributed by atoms with van der Waals surface area (Å²) < 4.78 is 14.0. The molecule has 1 saturated carbocycles. The molecule has 7 nitrogen and oxygen atoms in total. The Balaban J connectivity index is 1.20. The normalized spacial score (nSPS) is 29.1. The summed E-state index contributed by atoms with van der Waals surface area (Å²) in [7, 11) is 0. The molecule has 3 aliphatic rings. The van der Waals surface area contributed by atoms with E-state index in [1.165, 1.54) is 32.1 Å². The summed E-state index contributed by atoms with van der Waals surface area (Å²) in [4.78, 5) is 12.6. The van der Waals surface area contributed by atoms with Crippen LogP contribution in [0.5, 0.6) is 0 Å². The minimum atomic E-state index is -0.157. The highest BCUT2D eigenvalue weighted by molar-refractivity contribution is 5.94. The Bertz CT molecular complexity index is 875. The van der Waals surface area contributed by atoms with Gasteiger partial charge in [-0.15, -0.1) is 5.10 Å². The summed E-state index contributed by atoms with van der Waals surface area (Å²) in [5.41, 5.74) is 2.85. The molecular weight excluding hydrogens is 380 g/mol. The summed E-state index contributed by atoms with van der Waals surface area (Å²) in [5, 5.41) is 11.9. The van der Waals surface area contributed by atoms with Crippen LogP contribution in [-0.2, 0) is 15.9 Å². The quantitative estimate of drug-likeness (QED) is 0.820. The first kappa shape index (κ1) is 19.7. The Labute approximate surface area is 177 Å². The fraction of sp³-hybridized carbons (Fsp3) is 0.609. The lowest BCUT2D eigenvalue weighted by atomic mass is 9.86. The first-order valence-corrected chi connectivity index (χ1v) is 11.2. The lowest BCUT2D eigenvalue weighted by molar-refractivity contribution is 0.0613. The first-order chi connectivity index (χ1) is 14.7. The van der Waals surface area contributed by atoms with E-state index in [2.05, 4.69) is 21.8 Å². The van der Waals surface area contributed by atoms with Gasteiger partial charge in [0.05, 0.1) is 24.9 Å². The number of rotatable bonds is 5. The molecule has 1 aromatic heterocycles. The lowest BCUT2D eigenvalue weighted by Crippen LogP contribution is -2.44. The number of carbonyl (C=O) groups is 1. The second kappa shape index (κ2) is 8.47. The van der Waals surface area contributed by atoms with Crippen LogP contribution in [0.3, 0.4) is 0 Å². The Kier molecular flexibility index (Phi) is 5.56. The number of amides is 1. The highest BCUT2D eigenvalue weighted by Gasteiger charge is 2.49. The van der Waals surface area contributed by atoms with Crippen LogP contribution in [0.2, 0.25) is 0 Å². The molecule has 1 aliphatic carbocycles. The van der Waals surface area contributed by atoms with Crippen molar-refractivity contribution in [2.75, 3.05) is 13.2 Å². The predicted octanol–water partition coefficient (Wildman–Crippen LogP) is 2.85. The third kappa shape index (κ3) is 4.01. The van der Waals surface area contributed by atoms with Gasteiger partial charge in [0.25, 0.3) is 5.91 Å². The highest BCUT2D eigenvalue weighted by atomic mass is 16.6. The Morgan fingerprint density at radius 3 is 2.67 bits per heavy atom. The summed E-state index contributed by atoms with van der Waals surface area (Å²) in [6.07, 6.45) is 9.44. The van der Waals surface area contributed by atoms with E-state index in [0.29, 0.717) is 18.8 Å². The highest BCUT2D eigenvalue weighted by Crippen LogP contribution is 2.34. The van der Waals surface area contributed by atoms with Crippen molar-refractivity contribution in [1.82, 2.24) is 20.3 Å². The standard InChI is InChI=1S/C23H30N4O3/c1-15-7-9-17(10-8-15)23(28)24-19-13-29-22-20(14-30-21(19)22)27-12-18(25-26-27)11-16-5-3-2-4-6-16/h7-10,12,16,19-22H,2-6,11,13-14H2,1H3,(H,24,28). The lowest BCUT2D eigenvalue weighted by Gasteiger charge is -2.20. The van der Waals surface area contributed by atoms with E-state index in [1.807, 2.05) is 35.9 Å². The van der Waals surface area contributed by atoms with Gasteiger partial charge in [0.15, 0.2) is 0 Å². The molecule has 5 rings (SSSR count). The molecule has 3 fully saturated rings. The smallest absolute Gasteiger partial charge is 0.251 e. The zero-order chi connectivity index (χ0) is 20.5. The monoisotopic (exact) mass is 410 g/mol. The number of aromatic nitrogens is 3. The van der Waals surface area contributed by atoms with Crippen LogP contribution in [0.1, 0.15) is 59.8 Å². The van der Waals surface area contributed by atoms with Gasteiger partial charge >= 0.3 is 0 Å². The molecule has 30 heavy (non-hydrogen) atoms. The van der Waals surface area contributed by atoms with E-state index in [-0.39, 0.29) is 30.2 Å². The van der Waals surface area contributed by atoms with E-state index in [1.54, 1.807) is 0 Å². The van der Waals surface area contributed by atoms with Crippen LogP contribution >= 0.6 is 0 Å². The van der Waals surface area contributed by atoms with Crippen LogP contribution < -0.4 is 5.32 Å². The average molecular weight is 411 g/mol. The Morgan fingerprint density at radius 2 is 1.87 bits per heavy atom. The average Bonchev–Trinajstić information content (AvgIpc) is 3.47. The fourth-order valence-corrected chi connectivity index (χ4v) is 5.04. The number of aryl methyl sites for hydroxylation is 1. The van der Waals surface area contributed by atoms with Crippen LogP contribution in [0.15, 0.2) is 30.5 Å². The molecule has 4 unspecified atom stereocenters. The molecular formula is C23H30N4O3. The number of hydrogen-bond donors (Lipinski definition) is 1. The largest absolute Gasteiger partial charge is 0.371 e. The number of nitrogens with zero attached hydrogens (tertiary/aromatic N) is 3. The minimum absolute atomic E-state index is 0.00360. The first-order valence-electron chi connectivity index (χ1n) is 11.2. The van der Waals surface area contributed by atoms with Gasteiger partial charge in [-0.2, -0.15) is 0 Å². The molecule has 3 heterocycles. The number of benzene rings is 1. The number of ether oxygens (including phenoxy) is 2. The minimum Gasteiger partial charge on any atom is -0.371 e. The third-order valence-corrected chi connectivity index (χ3v) is 6.78. The Morgan fingerprint density at radius 1 is 1.10 bits per heavy atom. The maximum Gasteiger partial charge on any atom is 0.251 e. The van der Waals surface area contributed by atoms with Gasteiger partial charge in [0, 0.05) is 11.8 Å². The van der Waals surface area contributed by atoms with E-state index in [4.69, 9.17) is 9.47 Å². The number of nitrogens with one attached hydrogen (secondary N) is 1. The van der Waals surface area contributed by atoms with E-state index in [9.17, 15) is 4.79 Å². The van der Waals surface area contributed by atoms with Crippen molar-refractivity contribution in [3.05, 3.63) is 47.3 Å². The van der Waals surface area contributed by atoms with Crippen molar-refractivity contribution < 1.29 is 14.3 Å². The van der Waals surface area contributed by atoms with Crippen molar-refractivity contribution in [3.8, 4) is 0 Å². The number of fused-ring (bicyclic) bond motifs is 1. The third-order valence-electron chi connectivity index (χ3n) is 6.78. The molecule has 1 aromatic carbocycles. The van der Waals surface area contributed by atoms with E-state index < -0.39 is 0 Å². The van der Waals surface area contributed by atoms with Crippen LogP contribution in [0.4, 0.5) is 0 Å². The predicted molar refractivity (Wildman–Crippen MR) is 111 cm³/mol. The second-order valence-electron chi connectivity index (χ2n) is 9.01. The molecule has 1 N–H and O–H groups in total. The summed E-state index contributed by atoms with van der Waals surface area (Å²) >= 11 is 0. The van der Waals surface area contributed by atoms with Crippen molar-refractivity contribution in [1.29, 1.82) is 0 Å². The zero-order valence-electron chi connectivity index (χ0n) is 17.5. The number of hydrogen-bond acceptors (Lipinski definition) is 5. The van der Waals surface area contributed by atoms with Gasteiger partial charge < -0.3 is 14.8 Å². The molecule has 1 amide bonds. The second-order valence-corrected chi connectivity index (χ2v) is 9.01. The van der Waals surface area contributed by atoms with Crippen molar-refractivity contribution in [3.63, 3.8) is 0 Å². The number of carbonyl (C=O) groups excluding carboxylic acids is 1. The molecule has 160 valence electrons. The van der Waals surface area contributed by atoms with Crippen molar-refractivity contribution >= 4 is 5.91 Å². The van der Waals surface area contributed by atoms with Gasteiger partial charge in [-0.05, 0) is 31.4 Å². The van der Waals surface area contributed by atoms with Gasteiger partial charge in [-0.3, -0.25) is 4.79 Å². The van der Waals surface area contributed by atoms with Gasteiger partial charge in [-0.1, -0.05) is 55.0 Å². The maximum atomic E-state index is 12.6. The molecule has 7 heteroatoms. The zero-order valence-corrected chi connectivity index (χ0v) is 17.5. The van der Waals surface area contributed by atoms with Crippen molar-refractivity contribution in [2.24, 2.45) is 5.92 Å². The van der Waals surface area contributed by atoms with Gasteiger partial charge in [0.2, 0.25) is 0 Å². The SMILES string of the molecule is Cc1ccc(C(=O)NC2COC3C2OCC3n2cc(CC3CCCCC3)nn2)cc1. The van der Waals surface area contributed by atoms with Crippen LogP contribution in [0.25, 0.3) is 0 Å².